The summed E-state index contributed by atoms with van der Waals surface area (Å²) in [5.74, 6) is 0.939. The zero-order valence-corrected chi connectivity index (χ0v) is 17.8. The largest absolute Gasteiger partial charge is 0.337 e. The molecule has 1 fully saturated rings. The van der Waals surface area contributed by atoms with Crippen LogP contribution in [0, 0.1) is 24.6 Å². The maximum Gasteiger partial charge on any atom is 0.254 e. The van der Waals surface area contributed by atoms with Gasteiger partial charge in [0, 0.05) is 12.6 Å². The highest BCUT2D eigenvalue weighted by atomic mass is 32.2. The van der Waals surface area contributed by atoms with Crippen LogP contribution < -0.4 is 15.6 Å². The summed E-state index contributed by atoms with van der Waals surface area (Å²) in [6.07, 6.45) is 1.67. The van der Waals surface area contributed by atoms with E-state index in [9.17, 15) is 13.4 Å². The van der Waals surface area contributed by atoms with Crippen LogP contribution in [0.15, 0.2) is 29.1 Å². The summed E-state index contributed by atoms with van der Waals surface area (Å²) in [4.78, 5) is 12.4. The van der Waals surface area contributed by atoms with Gasteiger partial charge >= 0.3 is 0 Å². The second kappa shape index (κ2) is 8.07. The van der Waals surface area contributed by atoms with Crippen LogP contribution >= 0.6 is 0 Å². The number of hydrogen-bond donors (Lipinski definition) is 2. The quantitative estimate of drug-likeness (QED) is 0.724. The van der Waals surface area contributed by atoms with E-state index >= 15 is 0 Å². The number of anilines is 3. The van der Waals surface area contributed by atoms with Crippen molar-refractivity contribution in [2.24, 2.45) is 18.9 Å². The van der Waals surface area contributed by atoms with Gasteiger partial charge in [0.25, 0.3) is 5.56 Å². The smallest absolute Gasteiger partial charge is 0.254 e. The van der Waals surface area contributed by atoms with E-state index in [4.69, 9.17) is 0 Å². The first-order chi connectivity index (χ1) is 13.2. The van der Waals surface area contributed by atoms with Crippen molar-refractivity contribution in [2.45, 2.75) is 45.8 Å². The first-order valence-electron chi connectivity index (χ1n) is 9.66. The summed E-state index contributed by atoms with van der Waals surface area (Å²) in [5.41, 5.74) is 2.05. The zero-order chi connectivity index (χ0) is 20.6. The summed E-state index contributed by atoms with van der Waals surface area (Å²) in [6.45, 7) is 7.94. The third-order valence-electron chi connectivity index (χ3n) is 5.41. The van der Waals surface area contributed by atoms with Gasteiger partial charge in [0.2, 0.25) is 0 Å². The highest BCUT2D eigenvalue weighted by Gasteiger charge is 2.44. The standard InChI is InChI=1S/C21H28FN3O2S/c1-6-14-7-8-17(16(22)10-14)23-20-18(9-13(4)21(26)25(20)5)24-28(27)19-11-15(19)12(2)3/h7-10,12,15,19,23-24H,6,11H2,1-5H3. The van der Waals surface area contributed by atoms with Crippen molar-refractivity contribution in [1.29, 1.82) is 0 Å². The molecule has 0 aliphatic heterocycles. The van der Waals surface area contributed by atoms with Crippen LogP contribution in [0.4, 0.5) is 21.6 Å². The second-order valence-corrected chi connectivity index (χ2v) is 9.23. The molecule has 2 N–H and O–H groups in total. The molecule has 1 aliphatic rings. The Hall–Kier alpha value is -2.15. The molecule has 0 amide bonds. The number of nitrogens with one attached hydrogen (secondary N) is 2. The molecule has 0 spiro atoms. The zero-order valence-electron chi connectivity index (χ0n) is 17.0. The number of aromatic nitrogens is 1. The highest BCUT2D eigenvalue weighted by molar-refractivity contribution is 7.87. The predicted molar refractivity (Wildman–Crippen MR) is 114 cm³/mol. The van der Waals surface area contributed by atoms with Crippen molar-refractivity contribution in [3.8, 4) is 0 Å². The van der Waals surface area contributed by atoms with E-state index in [2.05, 4.69) is 23.9 Å². The van der Waals surface area contributed by atoms with Crippen LogP contribution in [-0.2, 0) is 24.5 Å². The normalized spacial score (nSPS) is 19.5. The van der Waals surface area contributed by atoms with Crippen LogP contribution in [0.3, 0.4) is 0 Å². The maximum atomic E-state index is 14.5. The first-order valence-corrected chi connectivity index (χ1v) is 10.9. The Kier molecular flexibility index (Phi) is 5.93. The monoisotopic (exact) mass is 405 g/mol. The Morgan fingerprint density at radius 2 is 2.00 bits per heavy atom. The summed E-state index contributed by atoms with van der Waals surface area (Å²) in [5, 5.41) is 3.12. The van der Waals surface area contributed by atoms with E-state index in [1.54, 1.807) is 26.1 Å². The average Bonchev–Trinajstić information content (AvgIpc) is 3.45. The van der Waals surface area contributed by atoms with E-state index in [1.165, 1.54) is 10.6 Å². The lowest BCUT2D eigenvalue weighted by molar-refractivity contribution is 0.563. The molecule has 152 valence electrons. The molecule has 1 heterocycles. The van der Waals surface area contributed by atoms with Crippen molar-refractivity contribution in [3.63, 3.8) is 0 Å². The number of pyridine rings is 1. The molecule has 3 rings (SSSR count). The van der Waals surface area contributed by atoms with E-state index in [1.807, 2.05) is 13.0 Å². The topological polar surface area (TPSA) is 63.1 Å². The predicted octanol–water partition coefficient (Wildman–Crippen LogP) is 4.26. The Labute approximate surface area is 167 Å². The Morgan fingerprint density at radius 3 is 2.57 bits per heavy atom. The van der Waals surface area contributed by atoms with Crippen molar-refractivity contribution >= 4 is 28.2 Å². The minimum absolute atomic E-state index is 0.103. The molecule has 1 aliphatic carbocycles. The third-order valence-corrected chi connectivity index (χ3v) is 6.92. The Balaban J connectivity index is 1.93. The number of halogens is 1. The van der Waals surface area contributed by atoms with Crippen LogP contribution in [0.25, 0.3) is 0 Å². The molecule has 0 saturated heterocycles. The average molecular weight is 406 g/mol. The van der Waals surface area contributed by atoms with Gasteiger partial charge in [-0.05, 0) is 55.4 Å². The van der Waals surface area contributed by atoms with Gasteiger partial charge < -0.3 is 10.0 Å². The van der Waals surface area contributed by atoms with E-state index in [-0.39, 0.29) is 22.3 Å². The fraction of sp³-hybridized carbons (Fsp3) is 0.476. The molecular formula is C21H28FN3O2S. The van der Waals surface area contributed by atoms with Gasteiger partial charge in [-0.1, -0.05) is 26.8 Å². The second-order valence-electron chi connectivity index (χ2n) is 7.83. The van der Waals surface area contributed by atoms with Crippen LogP contribution in [0.5, 0.6) is 0 Å². The molecule has 2 aromatic rings. The number of hydrogen-bond acceptors (Lipinski definition) is 3. The Morgan fingerprint density at radius 1 is 1.29 bits per heavy atom. The van der Waals surface area contributed by atoms with Crippen LogP contribution in [0.2, 0.25) is 0 Å². The molecule has 7 heteroatoms. The van der Waals surface area contributed by atoms with Crippen LogP contribution in [0.1, 0.15) is 38.3 Å². The van der Waals surface area contributed by atoms with Crippen LogP contribution in [-0.4, -0.2) is 14.0 Å². The van der Waals surface area contributed by atoms with Crippen molar-refractivity contribution in [1.82, 2.24) is 4.57 Å². The van der Waals surface area contributed by atoms with Crippen molar-refractivity contribution < 1.29 is 8.60 Å². The molecule has 1 aromatic heterocycles. The fourth-order valence-electron chi connectivity index (χ4n) is 3.45. The highest BCUT2D eigenvalue weighted by Crippen LogP contribution is 2.42. The molecule has 1 aromatic carbocycles. The lowest BCUT2D eigenvalue weighted by atomic mass is 10.1. The third kappa shape index (κ3) is 4.14. The SMILES string of the molecule is CCc1ccc(Nc2c(NS(=O)C3CC3C(C)C)cc(C)c(=O)n2C)c(F)c1. The van der Waals surface area contributed by atoms with Gasteiger partial charge in [0.1, 0.15) is 22.6 Å². The lowest BCUT2D eigenvalue weighted by Crippen LogP contribution is -2.24. The van der Waals surface area contributed by atoms with E-state index < -0.39 is 11.0 Å². The number of benzene rings is 1. The van der Waals surface area contributed by atoms with Gasteiger partial charge in [0.15, 0.2) is 0 Å². The molecular weight excluding hydrogens is 377 g/mol. The molecule has 0 radical (unpaired) electrons. The molecule has 1 saturated carbocycles. The molecule has 3 unspecified atom stereocenters. The number of nitrogens with zero attached hydrogens (tertiary/aromatic N) is 1. The van der Waals surface area contributed by atoms with Gasteiger partial charge in [-0.3, -0.25) is 9.36 Å². The summed E-state index contributed by atoms with van der Waals surface area (Å²) >= 11 is 0. The fourth-order valence-corrected chi connectivity index (χ4v) is 5.00. The maximum absolute atomic E-state index is 14.5. The molecule has 3 atom stereocenters. The summed E-state index contributed by atoms with van der Waals surface area (Å²) in [6, 6.07) is 6.67. The van der Waals surface area contributed by atoms with Crippen molar-refractivity contribution in [3.05, 3.63) is 51.6 Å². The van der Waals surface area contributed by atoms with Gasteiger partial charge in [0.05, 0.1) is 16.6 Å². The first kappa shape index (κ1) is 20.6. The van der Waals surface area contributed by atoms with Crippen molar-refractivity contribution in [2.75, 3.05) is 10.0 Å². The number of rotatable bonds is 7. The summed E-state index contributed by atoms with van der Waals surface area (Å²) in [7, 11) is 0.360. The molecule has 0 bridgehead atoms. The minimum atomic E-state index is -1.26. The van der Waals surface area contributed by atoms with Gasteiger partial charge in [-0.2, -0.15) is 0 Å². The molecule has 28 heavy (non-hydrogen) atoms. The van der Waals surface area contributed by atoms with E-state index in [0.717, 1.165) is 18.4 Å². The molecule has 5 nitrogen and oxygen atoms in total. The van der Waals surface area contributed by atoms with Gasteiger partial charge in [-0.15, -0.1) is 0 Å². The van der Waals surface area contributed by atoms with E-state index in [0.29, 0.717) is 28.9 Å². The summed E-state index contributed by atoms with van der Waals surface area (Å²) < 4.78 is 31.7. The van der Waals surface area contributed by atoms with Gasteiger partial charge in [-0.25, -0.2) is 8.60 Å². The minimum Gasteiger partial charge on any atom is -0.337 e. The lowest BCUT2D eigenvalue weighted by Gasteiger charge is -2.18. The number of aryl methyl sites for hydroxylation is 2. The Bertz CT molecular complexity index is 971.